The summed E-state index contributed by atoms with van der Waals surface area (Å²) in [5.41, 5.74) is 2.56. The zero-order valence-corrected chi connectivity index (χ0v) is 18.8. The van der Waals surface area contributed by atoms with Crippen LogP contribution in [0.2, 0.25) is 0 Å². The first-order valence-corrected chi connectivity index (χ1v) is 11.6. The lowest BCUT2D eigenvalue weighted by atomic mass is 10.1. The standard InChI is InChI=1S/C21H30N4O4S/c1-5-22-21(24-14-17-8-9-19(16(2)13-17)30(4,26)27)25-15-18-7-6-10-23-20(18)29-12-11-28-3/h6-10,13H,5,11-12,14-15H2,1-4H3,(H2,22,24,25). The van der Waals surface area contributed by atoms with E-state index >= 15 is 0 Å². The van der Waals surface area contributed by atoms with Gasteiger partial charge in [-0.1, -0.05) is 18.2 Å². The van der Waals surface area contributed by atoms with Crippen LogP contribution in [0.3, 0.4) is 0 Å². The Balaban J connectivity index is 2.06. The van der Waals surface area contributed by atoms with Crippen LogP contribution in [0.15, 0.2) is 46.4 Å². The first kappa shape index (κ1) is 23.6. The van der Waals surface area contributed by atoms with Gasteiger partial charge in [0.25, 0.3) is 0 Å². The second-order valence-electron chi connectivity index (χ2n) is 6.73. The lowest BCUT2D eigenvalue weighted by Gasteiger charge is -2.14. The Morgan fingerprint density at radius 1 is 1.20 bits per heavy atom. The fraction of sp³-hybridized carbons (Fsp3) is 0.429. The maximum Gasteiger partial charge on any atom is 0.218 e. The van der Waals surface area contributed by atoms with Crippen LogP contribution in [0.25, 0.3) is 0 Å². The molecule has 0 aliphatic heterocycles. The highest BCUT2D eigenvalue weighted by atomic mass is 32.2. The van der Waals surface area contributed by atoms with Crippen molar-refractivity contribution in [3.8, 4) is 5.88 Å². The fourth-order valence-corrected chi connectivity index (χ4v) is 3.79. The Labute approximate surface area is 178 Å². The monoisotopic (exact) mass is 434 g/mol. The molecule has 0 saturated carbocycles. The molecule has 0 atom stereocenters. The predicted octanol–water partition coefficient (Wildman–Crippen LogP) is 2.07. The molecule has 0 spiro atoms. The second kappa shape index (κ2) is 11.5. The van der Waals surface area contributed by atoms with Gasteiger partial charge in [0.1, 0.15) is 6.61 Å². The van der Waals surface area contributed by atoms with E-state index in [9.17, 15) is 8.42 Å². The maximum atomic E-state index is 11.8. The van der Waals surface area contributed by atoms with Crippen LogP contribution in [0.5, 0.6) is 5.88 Å². The quantitative estimate of drug-likeness (QED) is 0.335. The minimum absolute atomic E-state index is 0.345. The summed E-state index contributed by atoms with van der Waals surface area (Å²) in [6, 6.07) is 9.08. The summed E-state index contributed by atoms with van der Waals surface area (Å²) in [5.74, 6) is 1.21. The highest BCUT2D eigenvalue weighted by molar-refractivity contribution is 7.90. The van der Waals surface area contributed by atoms with Gasteiger partial charge in [-0.3, -0.25) is 0 Å². The third-order valence-electron chi connectivity index (χ3n) is 4.23. The van der Waals surface area contributed by atoms with Gasteiger partial charge in [-0.25, -0.2) is 18.4 Å². The molecule has 9 heteroatoms. The first-order chi connectivity index (χ1) is 14.3. The molecule has 8 nitrogen and oxygen atoms in total. The zero-order valence-electron chi connectivity index (χ0n) is 17.9. The molecule has 164 valence electrons. The van der Waals surface area contributed by atoms with E-state index in [0.29, 0.717) is 49.6 Å². The van der Waals surface area contributed by atoms with Crippen molar-refractivity contribution in [2.75, 3.05) is 33.1 Å². The minimum atomic E-state index is -3.23. The number of pyridine rings is 1. The van der Waals surface area contributed by atoms with Gasteiger partial charge in [0.05, 0.1) is 18.0 Å². The summed E-state index contributed by atoms with van der Waals surface area (Å²) < 4.78 is 34.2. The summed E-state index contributed by atoms with van der Waals surface area (Å²) >= 11 is 0. The Morgan fingerprint density at radius 3 is 2.67 bits per heavy atom. The van der Waals surface area contributed by atoms with Crippen molar-refractivity contribution in [2.24, 2.45) is 4.99 Å². The molecule has 0 saturated heterocycles. The molecule has 0 fully saturated rings. The van der Waals surface area contributed by atoms with Gasteiger partial charge in [0.2, 0.25) is 5.88 Å². The SMILES string of the molecule is CCNC(=NCc1ccc(S(C)(=O)=O)c(C)c1)NCc1cccnc1OCCOC. The molecule has 0 aliphatic carbocycles. The number of nitrogens with zero attached hydrogens (tertiary/aromatic N) is 2. The van der Waals surface area contributed by atoms with Crippen LogP contribution in [-0.2, 0) is 27.7 Å². The van der Waals surface area contributed by atoms with E-state index < -0.39 is 9.84 Å². The number of hydrogen-bond donors (Lipinski definition) is 2. The van der Waals surface area contributed by atoms with Crippen molar-refractivity contribution in [2.45, 2.75) is 31.8 Å². The van der Waals surface area contributed by atoms with Crippen molar-refractivity contribution < 1.29 is 17.9 Å². The topological polar surface area (TPSA) is 102 Å². The van der Waals surface area contributed by atoms with E-state index in [0.717, 1.165) is 16.7 Å². The smallest absolute Gasteiger partial charge is 0.218 e. The molecule has 0 aliphatic rings. The number of aryl methyl sites for hydroxylation is 1. The van der Waals surface area contributed by atoms with Gasteiger partial charge >= 0.3 is 0 Å². The van der Waals surface area contributed by atoms with Crippen molar-refractivity contribution in [1.29, 1.82) is 0 Å². The van der Waals surface area contributed by atoms with E-state index in [4.69, 9.17) is 9.47 Å². The summed E-state index contributed by atoms with van der Waals surface area (Å²) in [4.78, 5) is 9.22. The number of aromatic nitrogens is 1. The second-order valence-corrected chi connectivity index (χ2v) is 8.71. The van der Waals surface area contributed by atoms with Crippen LogP contribution in [0, 0.1) is 6.92 Å². The van der Waals surface area contributed by atoms with Crippen LogP contribution in [0.4, 0.5) is 0 Å². The van der Waals surface area contributed by atoms with Gasteiger partial charge in [-0.2, -0.15) is 0 Å². The van der Waals surface area contributed by atoms with E-state index in [1.165, 1.54) is 6.26 Å². The Kier molecular flexibility index (Phi) is 9.07. The molecule has 1 heterocycles. The number of ether oxygens (including phenoxy) is 2. The van der Waals surface area contributed by atoms with Gasteiger partial charge in [-0.05, 0) is 37.1 Å². The summed E-state index contributed by atoms with van der Waals surface area (Å²) in [7, 11) is -1.60. The van der Waals surface area contributed by atoms with E-state index in [1.807, 2.05) is 25.1 Å². The fourth-order valence-electron chi connectivity index (χ4n) is 2.83. The summed E-state index contributed by atoms with van der Waals surface area (Å²) in [6.07, 6.45) is 2.90. The average Bonchev–Trinajstić information content (AvgIpc) is 2.70. The molecule has 0 amide bonds. The largest absolute Gasteiger partial charge is 0.475 e. The molecule has 0 unspecified atom stereocenters. The molecule has 2 rings (SSSR count). The Hall–Kier alpha value is -2.65. The Morgan fingerprint density at radius 2 is 2.00 bits per heavy atom. The Bertz CT molecular complexity index is 961. The van der Waals surface area contributed by atoms with Crippen LogP contribution >= 0.6 is 0 Å². The highest BCUT2D eigenvalue weighted by Gasteiger charge is 2.11. The molecule has 0 bridgehead atoms. The van der Waals surface area contributed by atoms with E-state index in [-0.39, 0.29) is 0 Å². The number of nitrogens with one attached hydrogen (secondary N) is 2. The molecule has 0 radical (unpaired) electrons. The summed E-state index contributed by atoms with van der Waals surface area (Å²) in [6.45, 7) is 6.33. The zero-order chi connectivity index (χ0) is 22.0. The van der Waals surface area contributed by atoms with Gasteiger partial charge in [-0.15, -0.1) is 0 Å². The molecule has 1 aromatic heterocycles. The number of benzene rings is 1. The molecule has 2 aromatic rings. The van der Waals surface area contributed by atoms with Crippen LogP contribution in [-0.4, -0.2) is 52.5 Å². The molecule has 1 aromatic carbocycles. The lowest BCUT2D eigenvalue weighted by molar-refractivity contribution is 0.143. The number of methoxy groups -OCH3 is 1. The highest BCUT2D eigenvalue weighted by Crippen LogP contribution is 2.17. The molecular weight excluding hydrogens is 404 g/mol. The number of aliphatic imine (C=N–C) groups is 1. The molecular formula is C21H30N4O4S. The number of rotatable bonds is 10. The van der Waals surface area contributed by atoms with E-state index in [1.54, 1.807) is 32.4 Å². The van der Waals surface area contributed by atoms with Crippen LogP contribution in [0.1, 0.15) is 23.6 Å². The van der Waals surface area contributed by atoms with Gasteiger partial charge in [0.15, 0.2) is 15.8 Å². The summed E-state index contributed by atoms with van der Waals surface area (Å²) in [5, 5.41) is 6.49. The predicted molar refractivity (Wildman–Crippen MR) is 118 cm³/mol. The third kappa shape index (κ3) is 7.31. The lowest BCUT2D eigenvalue weighted by Crippen LogP contribution is -2.37. The molecule has 2 N–H and O–H groups in total. The number of sulfone groups is 1. The third-order valence-corrected chi connectivity index (χ3v) is 5.48. The molecule has 30 heavy (non-hydrogen) atoms. The number of guanidine groups is 1. The average molecular weight is 435 g/mol. The van der Waals surface area contributed by atoms with Crippen LogP contribution < -0.4 is 15.4 Å². The normalized spacial score (nSPS) is 11.9. The van der Waals surface area contributed by atoms with Gasteiger partial charge in [0, 0.05) is 38.2 Å². The van der Waals surface area contributed by atoms with Crippen molar-refractivity contribution in [3.63, 3.8) is 0 Å². The first-order valence-electron chi connectivity index (χ1n) is 9.72. The number of hydrogen-bond acceptors (Lipinski definition) is 6. The van der Waals surface area contributed by atoms with Crippen molar-refractivity contribution >= 4 is 15.8 Å². The minimum Gasteiger partial charge on any atom is -0.475 e. The van der Waals surface area contributed by atoms with E-state index in [2.05, 4.69) is 20.6 Å². The maximum absolute atomic E-state index is 11.8. The van der Waals surface area contributed by atoms with Crippen molar-refractivity contribution in [3.05, 3.63) is 53.2 Å². The van der Waals surface area contributed by atoms with Crippen molar-refractivity contribution in [1.82, 2.24) is 15.6 Å². The van der Waals surface area contributed by atoms with Gasteiger partial charge < -0.3 is 20.1 Å².